The second-order valence-corrected chi connectivity index (χ2v) is 2.61. The number of rotatable bonds is 2. The molecule has 0 saturated carbocycles. The first-order valence-electron chi connectivity index (χ1n) is 3.67. The van der Waals surface area contributed by atoms with Crippen molar-refractivity contribution in [1.82, 2.24) is 0 Å². The summed E-state index contributed by atoms with van der Waals surface area (Å²) in [7, 11) is 0. The van der Waals surface area contributed by atoms with Gasteiger partial charge in [-0.3, -0.25) is 0 Å². The zero-order valence-electron chi connectivity index (χ0n) is 7.15. The topological polar surface area (TPSA) is 20.2 Å². The maximum atomic E-state index is 13.0. The molecule has 1 rings (SSSR count). The van der Waals surface area contributed by atoms with Crippen LogP contribution in [0, 0.1) is 17.5 Å². The van der Waals surface area contributed by atoms with Gasteiger partial charge in [0.15, 0.2) is 17.5 Å². The molecule has 74 valence electrons. The Kier molecular flexibility index (Phi) is 2.65. The monoisotopic (exact) mass is 200 g/mol. The minimum Gasteiger partial charge on any atom is -0.508 e. The zero-order chi connectivity index (χ0) is 10.9. The predicted molar refractivity (Wildman–Crippen MR) is 48.1 cm³/mol. The molecule has 0 atom stereocenters. The van der Waals surface area contributed by atoms with Gasteiger partial charge in [-0.25, -0.2) is 13.2 Å². The summed E-state index contributed by atoms with van der Waals surface area (Å²) < 4.78 is 38.7. The molecular formula is C10H7F3O. The number of halogens is 3. The molecule has 0 unspecified atom stereocenters. The highest BCUT2D eigenvalue weighted by Crippen LogP contribution is 2.23. The molecule has 0 bridgehead atoms. The Bertz CT molecular complexity index is 410. The van der Waals surface area contributed by atoms with Crippen molar-refractivity contribution >= 4 is 11.8 Å². The lowest BCUT2D eigenvalue weighted by Crippen LogP contribution is -1.99. The van der Waals surface area contributed by atoms with Gasteiger partial charge in [0.25, 0.3) is 0 Å². The van der Waals surface area contributed by atoms with Gasteiger partial charge in [-0.15, -0.1) is 0 Å². The van der Waals surface area contributed by atoms with Crippen molar-refractivity contribution in [1.29, 1.82) is 0 Å². The Morgan fingerprint density at radius 3 is 2.21 bits per heavy atom. The summed E-state index contributed by atoms with van der Waals surface area (Å²) in [6.45, 7) is 6.25. The first-order valence-corrected chi connectivity index (χ1v) is 3.67. The molecule has 0 aliphatic heterocycles. The second-order valence-electron chi connectivity index (χ2n) is 2.61. The average Bonchev–Trinajstić information content (AvgIpc) is 2.14. The smallest absolute Gasteiger partial charge is 0.195 e. The molecule has 0 aliphatic carbocycles. The quantitative estimate of drug-likeness (QED) is 0.573. The second kappa shape index (κ2) is 3.57. The van der Waals surface area contributed by atoms with Crippen molar-refractivity contribution in [3.8, 4) is 0 Å². The molecule has 0 amide bonds. The standard InChI is InChI=1S/C10H7F3O/c1-3-6-4-7(5(2)14)9(12)10(13)8(6)11/h3-4,14H,1-2H2. The molecule has 1 aromatic rings. The van der Waals surface area contributed by atoms with Crippen LogP contribution >= 0.6 is 0 Å². The van der Waals surface area contributed by atoms with Crippen LogP contribution in [0.15, 0.2) is 19.2 Å². The summed E-state index contributed by atoms with van der Waals surface area (Å²) in [5.41, 5.74) is -0.701. The normalized spacial score (nSPS) is 9.93. The van der Waals surface area contributed by atoms with E-state index in [1.807, 2.05) is 0 Å². The molecule has 0 aliphatic rings. The van der Waals surface area contributed by atoms with Gasteiger partial charge in [-0.05, 0) is 6.07 Å². The molecule has 0 fully saturated rings. The summed E-state index contributed by atoms with van der Waals surface area (Å²) in [4.78, 5) is 0. The van der Waals surface area contributed by atoms with Crippen LogP contribution in [0.2, 0.25) is 0 Å². The van der Waals surface area contributed by atoms with Crippen LogP contribution in [0.1, 0.15) is 11.1 Å². The molecular weight excluding hydrogens is 193 g/mol. The lowest BCUT2D eigenvalue weighted by molar-refractivity contribution is 0.436. The number of aliphatic hydroxyl groups is 1. The first-order chi connectivity index (χ1) is 6.49. The van der Waals surface area contributed by atoms with Gasteiger partial charge in [0, 0.05) is 5.56 Å². The van der Waals surface area contributed by atoms with E-state index >= 15 is 0 Å². The SMILES string of the molecule is C=Cc1cc(C(=C)O)c(F)c(F)c1F. The number of hydrogen-bond acceptors (Lipinski definition) is 1. The molecule has 1 nitrogen and oxygen atoms in total. The molecule has 0 aromatic heterocycles. The van der Waals surface area contributed by atoms with E-state index in [4.69, 9.17) is 5.11 Å². The van der Waals surface area contributed by atoms with Gasteiger partial charge in [0.05, 0.1) is 5.56 Å². The molecule has 0 saturated heterocycles. The molecule has 0 heterocycles. The third kappa shape index (κ3) is 1.51. The predicted octanol–water partition coefficient (Wildman–Crippen LogP) is 3.28. The molecule has 14 heavy (non-hydrogen) atoms. The lowest BCUT2D eigenvalue weighted by Gasteiger charge is -2.05. The summed E-state index contributed by atoms with van der Waals surface area (Å²) >= 11 is 0. The van der Waals surface area contributed by atoms with Crippen LogP contribution in [0.3, 0.4) is 0 Å². The van der Waals surface area contributed by atoms with E-state index < -0.39 is 28.8 Å². The maximum absolute atomic E-state index is 13.0. The first kappa shape index (κ1) is 10.4. The van der Waals surface area contributed by atoms with Crippen molar-refractivity contribution in [3.63, 3.8) is 0 Å². The average molecular weight is 200 g/mol. The fourth-order valence-corrected chi connectivity index (χ4v) is 0.982. The largest absolute Gasteiger partial charge is 0.508 e. The Labute approximate surface area is 78.8 Å². The Morgan fingerprint density at radius 2 is 1.79 bits per heavy atom. The van der Waals surface area contributed by atoms with Gasteiger partial charge in [0.1, 0.15) is 5.76 Å². The molecule has 1 N–H and O–H groups in total. The fourth-order valence-electron chi connectivity index (χ4n) is 0.982. The zero-order valence-corrected chi connectivity index (χ0v) is 7.15. The summed E-state index contributed by atoms with van der Waals surface area (Å²) in [6, 6.07) is 0.934. The van der Waals surface area contributed by atoms with Crippen molar-refractivity contribution in [2.45, 2.75) is 0 Å². The number of hydrogen-bond donors (Lipinski definition) is 1. The van der Waals surface area contributed by atoms with Crippen molar-refractivity contribution < 1.29 is 18.3 Å². The maximum Gasteiger partial charge on any atom is 0.195 e. The van der Waals surface area contributed by atoms with Crippen LogP contribution in [0.5, 0.6) is 0 Å². The van der Waals surface area contributed by atoms with E-state index in [0.29, 0.717) is 0 Å². The highest BCUT2D eigenvalue weighted by molar-refractivity contribution is 5.62. The minimum atomic E-state index is -1.65. The van der Waals surface area contributed by atoms with Crippen LogP contribution < -0.4 is 0 Å². The van der Waals surface area contributed by atoms with E-state index in [1.165, 1.54) is 0 Å². The van der Waals surface area contributed by atoms with Crippen molar-refractivity contribution in [2.75, 3.05) is 0 Å². The highest BCUT2D eigenvalue weighted by Gasteiger charge is 2.18. The van der Waals surface area contributed by atoms with Crippen molar-refractivity contribution in [2.24, 2.45) is 0 Å². The third-order valence-electron chi connectivity index (χ3n) is 1.71. The van der Waals surface area contributed by atoms with E-state index in [-0.39, 0.29) is 5.56 Å². The number of benzene rings is 1. The van der Waals surface area contributed by atoms with Gasteiger partial charge in [-0.2, -0.15) is 0 Å². The van der Waals surface area contributed by atoms with Gasteiger partial charge >= 0.3 is 0 Å². The van der Waals surface area contributed by atoms with E-state index in [9.17, 15) is 13.2 Å². The third-order valence-corrected chi connectivity index (χ3v) is 1.71. The van der Waals surface area contributed by atoms with Gasteiger partial charge < -0.3 is 5.11 Å². The summed E-state index contributed by atoms with van der Waals surface area (Å²) in [6.07, 6.45) is 1.02. The Morgan fingerprint density at radius 1 is 1.21 bits per heavy atom. The summed E-state index contributed by atoms with van der Waals surface area (Å²) in [5.74, 6) is -5.10. The number of aliphatic hydroxyl groups excluding tert-OH is 1. The molecule has 1 aromatic carbocycles. The van der Waals surface area contributed by atoms with Gasteiger partial charge in [-0.1, -0.05) is 19.2 Å². The lowest BCUT2D eigenvalue weighted by atomic mass is 10.1. The van der Waals surface area contributed by atoms with Crippen LogP contribution in [0.25, 0.3) is 11.8 Å². The van der Waals surface area contributed by atoms with Crippen molar-refractivity contribution in [3.05, 3.63) is 47.8 Å². The Balaban J connectivity index is 3.56. The van der Waals surface area contributed by atoms with E-state index in [0.717, 1.165) is 12.1 Å². The van der Waals surface area contributed by atoms with Crippen LogP contribution in [-0.4, -0.2) is 5.11 Å². The molecule has 4 heteroatoms. The van der Waals surface area contributed by atoms with E-state index in [2.05, 4.69) is 13.2 Å². The molecule has 0 spiro atoms. The fraction of sp³-hybridized carbons (Fsp3) is 0. The highest BCUT2D eigenvalue weighted by atomic mass is 19.2. The van der Waals surface area contributed by atoms with Crippen LogP contribution in [-0.2, 0) is 0 Å². The molecule has 0 radical (unpaired) electrons. The summed E-state index contributed by atoms with van der Waals surface area (Å²) in [5, 5.41) is 8.88. The van der Waals surface area contributed by atoms with E-state index in [1.54, 1.807) is 0 Å². The van der Waals surface area contributed by atoms with Gasteiger partial charge in [0.2, 0.25) is 0 Å². The van der Waals surface area contributed by atoms with Crippen LogP contribution in [0.4, 0.5) is 13.2 Å². The minimum absolute atomic E-state index is 0.228. The Hall–Kier alpha value is -1.71.